The maximum atomic E-state index is 12.2. The Morgan fingerprint density at radius 1 is 1.23 bits per heavy atom. The molecule has 0 aliphatic heterocycles. The maximum Gasteiger partial charge on any atom is 0.320 e. The van der Waals surface area contributed by atoms with Gasteiger partial charge in [0.15, 0.2) is 0 Å². The number of rotatable bonds is 7. The second kappa shape index (κ2) is 9.43. The summed E-state index contributed by atoms with van der Waals surface area (Å²) in [5.74, 6) is -1.15. The van der Waals surface area contributed by atoms with Crippen LogP contribution in [0.4, 0.5) is 5.69 Å². The summed E-state index contributed by atoms with van der Waals surface area (Å²) in [7, 11) is 0. The molecule has 0 aromatic heterocycles. The Balaban J connectivity index is 0.00000441. The highest BCUT2D eigenvalue weighted by molar-refractivity contribution is 5.96. The van der Waals surface area contributed by atoms with Gasteiger partial charge in [-0.2, -0.15) is 0 Å². The number of carboxylic acids is 1. The average molecular weight is 329 g/mol. The van der Waals surface area contributed by atoms with Crippen molar-refractivity contribution in [1.29, 1.82) is 0 Å². The maximum absolute atomic E-state index is 12.2. The lowest BCUT2D eigenvalue weighted by atomic mass is 10.1. The van der Waals surface area contributed by atoms with Crippen LogP contribution in [0.2, 0.25) is 0 Å². The largest absolute Gasteiger partial charge is 0.480 e. The summed E-state index contributed by atoms with van der Waals surface area (Å²) in [6.07, 6.45) is 1.24. The Bertz CT molecular complexity index is 500. The molecule has 124 valence electrons. The molecule has 0 saturated heterocycles. The monoisotopic (exact) mass is 328 g/mol. The zero-order chi connectivity index (χ0) is 16.0. The van der Waals surface area contributed by atoms with Gasteiger partial charge in [0.2, 0.25) is 5.91 Å². The molecular weight excluding hydrogens is 304 g/mol. The highest BCUT2D eigenvalue weighted by Gasteiger charge is 2.22. The number of carbonyl (C=O) groups excluding carboxylic acids is 1. The van der Waals surface area contributed by atoms with Gasteiger partial charge < -0.3 is 10.4 Å². The topological polar surface area (TPSA) is 78.4 Å². The van der Waals surface area contributed by atoms with E-state index in [1.54, 1.807) is 6.92 Å². The summed E-state index contributed by atoms with van der Waals surface area (Å²) in [6, 6.07) is 4.52. The van der Waals surface area contributed by atoms with Crippen LogP contribution in [-0.4, -0.2) is 29.1 Å². The lowest BCUT2D eigenvalue weighted by molar-refractivity contribution is -0.140. The van der Waals surface area contributed by atoms with Gasteiger partial charge >= 0.3 is 5.97 Å². The van der Waals surface area contributed by atoms with Crippen LogP contribution in [0.1, 0.15) is 37.8 Å². The number of nitrogens with one attached hydrogen (secondary N) is 2. The van der Waals surface area contributed by atoms with Gasteiger partial charge in [0.1, 0.15) is 6.04 Å². The van der Waals surface area contributed by atoms with Crippen molar-refractivity contribution < 1.29 is 14.7 Å². The molecule has 2 unspecified atom stereocenters. The third-order valence-electron chi connectivity index (χ3n) is 3.45. The zero-order valence-corrected chi connectivity index (χ0v) is 14.3. The number of aryl methyl sites for hydroxylation is 2. The molecule has 0 bridgehead atoms. The minimum absolute atomic E-state index is 0. The van der Waals surface area contributed by atoms with E-state index in [2.05, 4.69) is 10.6 Å². The van der Waals surface area contributed by atoms with Crippen LogP contribution in [-0.2, 0) is 9.59 Å². The van der Waals surface area contributed by atoms with E-state index in [1.165, 1.54) is 0 Å². The summed E-state index contributed by atoms with van der Waals surface area (Å²) in [5, 5.41) is 14.9. The molecule has 0 aliphatic carbocycles. The van der Waals surface area contributed by atoms with Crippen molar-refractivity contribution in [2.75, 3.05) is 5.32 Å². The van der Waals surface area contributed by atoms with Gasteiger partial charge in [0.25, 0.3) is 0 Å². The van der Waals surface area contributed by atoms with Crippen LogP contribution in [0.5, 0.6) is 0 Å². The van der Waals surface area contributed by atoms with E-state index in [0.29, 0.717) is 6.42 Å². The summed E-state index contributed by atoms with van der Waals surface area (Å²) in [5.41, 5.74) is 2.76. The third-order valence-corrected chi connectivity index (χ3v) is 3.45. The SMILES string of the molecule is CCCC(NC(C)C(=O)Nc1c(C)cccc1C)C(=O)O.Cl. The number of para-hydroxylation sites is 1. The van der Waals surface area contributed by atoms with Crippen molar-refractivity contribution in [3.8, 4) is 0 Å². The van der Waals surface area contributed by atoms with Gasteiger partial charge in [-0.15, -0.1) is 12.4 Å². The summed E-state index contributed by atoms with van der Waals surface area (Å²) >= 11 is 0. The number of halogens is 1. The van der Waals surface area contributed by atoms with E-state index in [0.717, 1.165) is 23.2 Å². The van der Waals surface area contributed by atoms with Crippen molar-refractivity contribution >= 4 is 30.0 Å². The van der Waals surface area contributed by atoms with Crippen molar-refractivity contribution in [3.63, 3.8) is 0 Å². The number of benzene rings is 1. The predicted octanol–water partition coefficient (Wildman–Crippen LogP) is 2.90. The first-order chi connectivity index (χ1) is 9.86. The van der Waals surface area contributed by atoms with E-state index >= 15 is 0 Å². The first-order valence-corrected chi connectivity index (χ1v) is 7.22. The number of hydrogen-bond acceptors (Lipinski definition) is 3. The molecule has 0 radical (unpaired) electrons. The highest BCUT2D eigenvalue weighted by atomic mass is 35.5. The summed E-state index contributed by atoms with van der Waals surface area (Å²) < 4.78 is 0. The molecule has 1 aromatic rings. The number of aliphatic carboxylic acids is 1. The molecule has 0 saturated carbocycles. The van der Waals surface area contributed by atoms with Gasteiger partial charge in [-0.05, 0) is 38.3 Å². The van der Waals surface area contributed by atoms with Gasteiger partial charge in [0.05, 0.1) is 6.04 Å². The molecule has 0 heterocycles. The molecule has 5 nitrogen and oxygen atoms in total. The van der Waals surface area contributed by atoms with Crippen LogP contribution in [0, 0.1) is 13.8 Å². The standard InChI is InChI=1S/C16H24N2O3.ClH/c1-5-7-13(16(20)21)17-12(4)15(19)18-14-10(2)8-6-9-11(14)3;/h6,8-9,12-13,17H,5,7H2,1-4H3,(H,18,19)(H,20,21);1H. The zero-order valence-electron chi connectivity index (χ0n) is 13.5. The predicted molar refractivity (Wildman–Crippen MR) is 90.7 cm³/mol. The number of carboxylic acid groups (broad SMARTS) is 1. The molecule has 0 aliphatic rings. The molecule has 0 fully saturated rings. The molecule has 1 rings (SSSR count). The Morgan fingerprint density at radius 3 is 2.23 bits per heavy atom. The molecule has 1 aromatic carbocycles. The molecule has 3 N–H and O–H groups in total. The quantitative estimate of drug-likeness (QED) is 0.719. The Kier molecular flexibility index (Phi) is 8.75. The fraction of sp³-hybridized carbons (Fsp3) is 0.500. The highest BCUT2D eigenvalue weighted by Crippen LogP contribution is 2.19. The van der Waals surface area contributed by atoms with Crippen molar-refractivity contribution in [2.45, 2.75) is 52.6 Å². The Morgan fingerprint density at radius 2 is 1.77 bits per heavy atom. The van der Waals surface area contributed by atoms with Gasteiger partial charge in [-0.25, -0.2) is 0 Å². The van der Waals surface area contributed by atoms with Crippen LogP contribution < -0.4 is 10.6 Å². The van der Waals surface area contributed by atoms with Crippen LogP contribution >= 0.6 is 12.4 Å². The van der Waals surface area contributed by atoms with E-state index < -0.39 is 18.1 Å². The van der Waals surface area contributed by atoms with E-state index in [1.807, 2.05) is 39.0 Å². The van der Waals surface area contributed by atoms with Crippen molar-refractivity contribution in [1.82, 2.24) is 5.32 Å². The van der Waals surface area contributed by atoms with Gasteiger partial charge in [0, 0.05) is 5.69 Å². The lowest BCUT2D eigenvalue weighted by Gasteiger charge is -2.20. The Labute approximate surface area is 137 Å². The van der Waals surface area contributed by atoms with Crippen LogP contribution in [0.25, 0.3) is 0 Å². The molecule has 2 atom stereocenters. The minimum atomic E-state index is -0.927. The number of hydrogen-bond donors (Lipinski definition) is 3. The van der Waals surface area contributed by atoms with Crippen LogP contribution in [0.15, 0.2) is 18.2 Å². The first-order valence-electron chi connectivity index (χ1n) is 7.22. The summed E-state index contributed by atoms with van der Waals surface area (Å²) in [4.78, 5) is 23.3. The third kappa shape index (κ3) is 5.66. The molecular formula is C16H25ClN2O3. The second-order valence-electron chi connectivity index (χ2n) is 5.32. The minimum Gasteiger partial charge on any atom is -0.480 e. The van der Waals surface area contributed by atoms with Crippen molar-refractivity contribution in [2.24, 2.45) is 0 Å². The number of carbonyl (C=O) groups is 2. The second-order valence-corrected chi connectivity index (χ2v) is 5.32. The van der Waals surface area contributed by atoms with E-state index in [-0.39, 0.29) is 18.3 Å². The van der Waals surface area contributed by atoms with Gasteiger partial charge in [-0.3, -0.25) is 14.9 Å². The smallest absolute Gasteiger partial charge is 0.320 e. The molecule has 1 amide bonds. The fourth-order valence-corrected chi connectivity index (χ4v) is 2.19. The van der Waals surface area contributed by atoms with E-state index in [9.17, 15) is 9.59 Å². The van der Waals surface area contributed by atoms with Crippen molar-refractivity contribution in [3.05, 3.63) is 29.3 Å². The lowest BCUT2D eigenvalue weighted by Crippen LogP contribution is -2.47. The fourth-order valence-electron chi connectivity index (χ4n) is 2.19. The normalized spacial score (nSPS) is 12.9. The molecule has 0 spiro atoms. The van der Waals surface area contributed by atoms with Gasteiger partial charge in [-0.1, -0.05) is 31.5 Å². The number of amides is 1. The van der Waals surface area contributed by atoms with E-state index in [4.69, 9.17) is 5.11 Å². The number of anilines is 1. The molecule has 6 heteroatoms. The molecule has 22 heavy (non-hydrogen) atoms. The van der Waals surface area contributed by atoms with Crippen LogP contribution in [0.3, 0.4) is 0 Å². The Hall–Kier alpha value is -1.59. The first kappa shape index (κ1) is 20.4. The average Bonchev–Trinajstić information content (AvgIpc) is 2.42. The summed E-state index contributed by atoms with van der Waals surface area (Å²) in [6.45, 7) is 7.45.